The molecule has 1 saturated carbocycles. The molecule has 2 aromatic rings. The predicted octanol–water partition coefficient (Wildman–Crippen LogP) is 2.77. The predicted molar refractivity (Wildman–Crippen MR) is 119 cm³/mol. The molecular formula is C24H28FN5O3. The lowest BCUT2D eigenvalue weighted by Gasteiger charge is -2.26. The van der Waals surface area contributed by atoms with Gasteiger partial charge in [0.2, 0.25) is 5.91 Å². The molecule has 9 heteroatoms. The molecule has 0 bridgehead atoms. The minimum Gasteiger partial charge on any atom is -0.347 e. The van der Waals surface area contributed by atoms with Gasteiger partial charge < -0.3 is 15.5 Å². The first kappa shape index (κ1) is 22.8. The Kier molecular flexibility index (Phi) is 6.14. The van der Waals surface area contributed by atoms with Gasteiger partial charge in [-0.2, -0.15) is 10.2 Å². The van der Waals surface area contributed by atoms with Crippen LogP contribution in [0.1, 0.15) is 78.8 Å². The summed E-state index contributed by atoms with van der Waals surface area (Å²) in [5.74, 6) is -1.51. The number of nitrogens with zero attached hydrogens (tertiary/aromatic N) is 3. The molecule has 2 heterocycles. The fourth-order valence-electron chi connectivity index (χ4n) is 4.42. The number of nitrogens with one attached hydrogen (secondary N) is 2. The van der Waals surface area contributed by atoms with Crippen LogP contribution >= 0.6 is 0 Å². The molecule has 8 nitrogen and oxygen atoms in total. The van der Waals surface area contributed by atoms with Crippen molar-refractivity contribution < 1.29 is 18.8 Å². The Morgan fingerprint density at radius 2 is 1.79 bits per heavy atom. The Morgan fingerprint density at radius 3 is 2.36 bits per heavy atom. The molecule has 2 N–H and O–H groups in total. The third-order valence-electron chi connectivity index (χ3n) is 6.63. The normalized spacial score (nSPS) is 21.9. The second kappa shape index (κ2) is 8.88. The molecule has 1 aliphatic carbocycles. The molecule has 174 valence electrons. The molecule has 1 aliphatic heterocycles. The molecule has 1 aromatic carbocycles. The van der Waals surface area contributed by atoms with Crippen LogP contribution in [-0.4, -0.2) is 50.4 Å². The Bertz CT molecular complexity index is 1060. The van der Waals surface area contributed by atoms with Crippen LogP contribution in [0.2, 0.25) is 0 Å². The first-order chi connectivity index (χ1) is 15.7. The summed E-state index contributed by atoms with van der Waals surface area (Å²) in [6, 6.07) is 5.52. The molecule has 0 unspecified atom stereocenters. The SMILES string of the molecule is C[C@@H]1CC[C@H](C)N1C(=O)c1ccc([C@@H](C)NC(=O)C2(NC(=O)c3ccnnc3)CC2)c(F)c1. The molecule has 33 heavy (non-hydrogen) atoms. The topological polar surface area (TPSA) is 104 Å². The highest BCUT2D eigenvalue weighted by molar-refractivity contribution is 6.00. The highest BCUT2D eigenvalue weighted by Gasteiger charge is 2.51. The minimum atomic E-state index is -1.01. The number of hydrogen-bond donors (Lipinski definition) is 2. The van der Waals surface area contributed by atoms with E-state index in [1.165, 1.54) is 24.5 Å². The second-order valence-electron chi connectivity index (χ2n) is 9.09. The Hall–Kier alpha value is -3.36. The molecule has 0 spiro atoms. The van der Waals surface area contributed by atoms with Crippen LogP contribution in [0, 0.1) is 5.82 Å². The van der Waals surface area contributed by atoms with Crippen molar-refractivity contribution in [2.24, 2.45) is 0 Å². The summed E-state index contributed by atoms with van der Waals surface area (Å²) in [6.45, 7) is 5.68. The van der Waals surface area contributed by atoms with Crippen molar-refractivity contribution in [1.29, 1.82) is 0 Å². The quantitative estimate of drug-likeness (QED) is 0.700. The van der Waals surface area contributed by atoms with Crippen LogP contribution in [0.4, 0.5) is 4.39 Å². The number of benzene rings is 1. The lowest BCUT2D eigenvalue weighted by atomic mass is 10.0. The van der Waals surface area contributed by atoms with E-state index in [0.717, 1.165) is 12.8 Å². The summed E-state index contributed by atoms with van der Waals surface area (Å²) >= 11 is 0. The summed E-state index contributed by atoms with van der Waals surface area (Å²) in [5.41, 5.74) is -0.122. The van der Waals surface area contributed by atoms with Crippen molar-refractivity contribution in [2.75, 3.05) is 0 Å². The lowest BCUT2D eigenvalue weighted by Crippen LogP contribution is -2.49. The highest BCUT2D eigenvalue weighted by atomic mass is 19.1. The number of likely N-dealkylation sites (tertiary alicyclic amines) is 1. The van der Waals surface area contributed by atoms with Gasteiger partial charge in [0.1, 0.15) is 11.4 Å². The van der Waals surface area contributed by atoms with E-state index in [0.29, 0.717) is 24.0 Å². The molecule has 4 rings (SSSR count). The van der Waals surface area contributed by atoms with Crippen molar-refractivity contribution in [3.05, 3.63) is 59.2 Å². The number of carbonyl (C=O) groups is 3. The number of carbonyl (C=O) groups excluding carboxylic acids is 3. The molecule has 2 aliphatic rings. The smallest absolute Gasteiger partial charge is 0.254 e. The standard InChI is InChI=1S/C24H28FN5O3/c1-14-4-5-15(2)30(14)22(32)17-6-7-19(20(25)12-17)16(3)28-23(33)24(9-10-24)29-21(31)18-8-11-26-27-13-18/h6-8,11-16H,4-5,9-10H2,1-3H3,(H,28,33)(H,29,31)/t14-,15+,16-/m1/s1. The van der Waals surface area contributed by atoms with Crippen LogP contribution in [0.5, 0.6) is 0 Å². The maximum atomic E-state index is 14.9. The monoisotopic (exact) mass is 453 g/mol. The number of aromatic nitrogens is 2. The lowest BCUT2D eigenvalue weighted by molar-refractivity contribution is -0.124. The summed E-state index contributed by atoms with van der Waals surface area (Å²) in [7, 11) is 0. The number of amides is 3. The number of hydrogen-bond acceptors (Lipinski definition) is 5. The van der Waals surface area contributed by atoms with Gasteiger partial charge in [0.15, 0.2) is 0 Å². The first-order valence-corrected chi connectivity index (χ1v) is 11.2. The largest absolute Gasteiger partial charge is 0.347 e. The average molecular weight is 454 g/mol. The maximum absolute atomic E-state index is 14.9. The van der Waals surface area contributed by atoms with Crippen LogP contribution in [-0.2, 0) is 4.79 Å². The molecule has 3 atom stereocenters. The molecule has 2 fully saturated rings. The highest BCUT2D eigenvalue weighted by Crippen LogP contribution is 2.37. The molecule has 1 saturated heterocycles. The van der Waals surface area contributed by atoms with Gasteiger partial charge in [0.25, 0.3) is 11.8 Å². The van der Waals surface area contributed by atoms with Crippen LogP contribution in [0.3, 0.4) is 0 Å². The van der Waals surface area contributed by atoms with Crippen LogP contribution < -0.4 is 10.6 Å². The summed E-state index contributed by atoms with van der Waals surface area (Å²) in [4.78, 5) is 40.0. The fourth-order valence-corrected chi connectivity index (χ4v) is 4.42. The molecule has 1 aromatic heterocycles. The molecule has 0 radical (unpaired) electrons. The van der Waals surface area contributed by atoms with E-state index in [9.17, 15) is 18.8 Å². The second-order valence-corrected chi connectivity index (χ2v) is 9.09. The zero-order valence-corrected chi connectivity index (χ0v) is 19.0. The van der Waals surface area contributed by atoms with E-state index < -0.39 is 23.3 Å². The zero-order chi connectivity index (χ0) is 23.8. The van der Waals surface area contributed by atoms with Crippen molar-refractivity contribution >= 4 is 17.7 Å². The summed E-state index contributed by atoms with van der Waals surface area (Å²) < 4.78 is 14.9. The van der Waals surface area contributed by atoms with Crippen LogP contribution in [0.15, 0.2) is 36.7 Å². The third-order valence-corrected chi connectivity index (χ3v) is 6.63. The Balaban J connectivity index is 1.42. The summed E-state index contributed by atoms with van der Waals surface area (Å²) in [6.07, 6.45) is 5.60. The van der Waals surface area contributed by atoms with Crippen molar-refractivity contribution in [3.63, 3.8) is 0 Å². The van der Waals surface area contributed by atoms with Crippen molar-refractivity contribution in [3.8, 4) is 0 Å². The van der Waals surface area contributed by atoms with Crippen LogP contribution in [0.25, 0.3) is 0 Å². The van der Waals surface area contributed by atoms with Gasteiger partial charge in [-0.15, -0.1) is 0 Å². The Morgan fingerprint density at radius 1 is 1.09 bits per heavy atom. The van der Waals surface area contributed by atoms with E-state index in [1.54, 1.807) is 24.0 Å². The third kappa shape index (κ3) is 4.58. The van der Waals surface area contributed by atoms with E-state index >= 15 is 0 Å². The van der Waals surface area contributed by atoms with Crippen molar-refractivity contribution in [2.45, 2.75) is 70.1 Å². The van der Waals surface area contributed by atoms with Gasteiger partial charge in [0.05, 0.1) is 24.0 Å². The Labute approximate surface area is 192 Å². The zero-order valence-electron chi connectivity index (χ0n) is 19.0. The molecule has 3 amide bonds. The van der Waals surface area contributed by atoms with Crippen molar-refractivity contribution in [1.82, 2.24) is 25.7 Å². The average Bonchev–Trinajstić information content (AvgIpc) is 3.51. The van der Waals surface area contributed by atoms with E-state index in [2.05, 4.69) is 20.8 Å². The van der Waals surface area contributed by atoms with Gasteiger partial charge in [-0.3, -0.25) is 14.4 Å². The van der Waals surface area contributed by atoms with E-state index in [1.807, 2.05) is 13.8 Å². The first-order valence-electron chi connectivity index (χ1n) is 11.2. The fraction of sp³-hybridized carbons (Fsp3) is 0.458. The van der Waals surface area contributed by atoms with Gasteiger partial charge in [-0.25, -0.2) is 4.39 Å². The summed E-state index contributed by atoms with van der Waals surface area (Å²) in [5, 5.41) is 12.9. The number of halogens is 1. The maximum Gasteiger partial charge on any atom is 0.254 e. The molecular weight excluding hydrogens is 425 g/mol. The number of rotatable bonds is 6. The van der Waals surface area contributed by atoms with E-state index in [-0.39, 0.29) is 29.5 Å². The van der Waals surface area contributed by atoms with Gasteiger partial charge >= 0.3 is 0 Å². The minimum absolute atomic E-state index is 0.126. The van der Waals surface area contributed by atoms with Gasteiger partial charge in [0, 0.05) is 23.2 Å². The van der Waals surface area contributed by atoms with Gasteiger partial charge in [-0.1, -0.05) is 6.07 Å². The van der Waals surface area contributed by atoms with Gasteiger partial charge in [-0.05, 0) is 64.7 Å². The van der Waals surface area contributed by atoms with E-state index in [4.69, 9.17) is 0 Å².